The number of rotatable bonds is 9. The molecule has 2 fully saturated rings. The quantitative estimate of drug-likeness (QED) is 0.345. The first kappa shape index (κ1) is 21.3. The van der Waals surface area contributed by atoms with Gasteiger partial charge in [0, 0.05) is 42.6 Å². The van der Waals surface area contributed by atoms with Crippen molar-refractivity contribution in [2.24, 2.45) is 0 Å². The number of hydrogen-bond donors (Lipinski definition) is 0. The van der Waals surface area contributed by atoms with E-state index in [4.69, 9.17) is 0 Å². The lowest BCUT2D eigenvalue weighted by molar-refractivity contribution is 0.102. The fourth-order valence-corrected chi connectivity index (χ4v) is 5.56. The molecule has 3 aromatic rings. The molecule has 7 heteroatoms. The molecule has 0 atom stereocenters. The van der Waals surface area contributed by atoms with Crippen molar-refractivity contribution in [2.45, 2.75) is 63.7 Å². The van der Waals surface area contributed by atoms with Crippen molar-refractivity contribution in [1.82, 2.24) is 19.3 Å². The van der Waals surface area contributed by atoms with E-state index >= 15 is 0 Å². The maximum atomic E-state index is 13.1. The molecule has 2 aliphatic rings. The smallest absolute Gasteiger partial charge is 0.228 e. The van der Waals surface area contributed by atoms with Crippen LogP contribution in [0.5, 0.6) is 0 Å². The van der Waals surface area contributed by atoms with Crippen LogP contribution in [-0.4, -0.2) is 44.0 Å². The van der Waals surface area contributed by atoms with Crippen LogP contribution >= 0.6 is 11.8 Å². The van der Waals surface area contributed by atoms with Gasteiger partial charge in [0.2, 0.25) is 5.95 Å². The Bertz CT molecular complexity index is 1090. The highest BCUT2D eigenvalue weighted by molar-refractivity contribution is 7.99. The monoisotopic (exact) mass is 449 g/mol. The minimum atomic E-state index is 0.169. The summed E-state index contributed by atoms with van der Waals surface area (Å²) < 4.78 is 4.55. The summed E-state index contributed by atoms with van der Waals surface area (Å²) in [6.07, 6.45) is 5.77. The summed E-state index contributed by atoms with van der Waals surface area (Å²) in [6.45, 7) is 7.16. The Labute approximate surface area is 194 Å². The summed E-state index contributed by atoms with van der Waals surface area (Å²) in [5.74, 6) is 1.56. The number of aryl methyl sites for hydroxylation is 2. The summed E-state index contributed by atoms with van der Waals surface area (Å²) in [4.78, 5) is 15.5. The second-order valence-electron chi connectivity index (χ2n) is 8.96. The summed E-state index contributed by atoms with van der Waals surface area (Å²) in [7, 11) is 0. The third-order valence-corrected chi connectivity index (χ3v) is 7.56. The van der Waals surface area contributed by atoms with E-state index in [-0.39, 0.29) is 5.78 Å². The second kappa shape index (κ2) is 9.14. The number of Topliss-reactive ketones (excluding diaryl/α,β-unsaturated/α-hetero) is 1. The van der Waals surface area contributed by atoms with Crippen LogP contribution in [0, 0.1) is 13.8 Å². The number of benzene rings is 1. The number of anilines is 1. The first-order chi connectivity index (χ1) is 15.6. The second-order valence-corrected chi connectivity index (χ2v) is 9.90. The van der Waals surface area contributed by atoms with Crippen molar-refractivity contribution in [3.63, 3.8) is 0 Å². The van der Waals surface area contributed by atoms with Crippen LogP contribution in [0.4, 0.5) is 5.95 Å². The van der Waals surface area contributed by atoms with E-state index in [2.05, 4.69) is 62.3 Å². The SMILES string of the molecule is Cc1cc(C(=O)CSc2nnc(N3CCCC3)n2C2CC2)c(C)n1CCc1ccccc1. The molecule has 0 N–H and O–H groups in total. The molecule has 2 aromatic heterocycles. The van der Waals surface area contributed by atoms with Crippen LogP contribution in [-0.2, 0) is 13.0 Å². The number of nitrogens with zero attached hydrogens (tertiary/aromatic N) is 5. The lowest BCUT2D eigenvalue weighted by Crippen LogP contribution is -2.22. The predicted octanol–water partition coefficient (Wildman–Crippen LogP) is 4.85. The number of aromatic nitrogens is 4. The lowest BCUT2D eigenvalue weighted by Gasteiger charge is -2.17. The molecular formula is C25H31N5OS. The van der Waals surface area contributed by atoms with E-state index in [9.17, 15) is 4.79 Å². The molecule has 168 valence electrons. The minimum Gasteiger partial charge on any atom is -0.348 e. The van der Waals surface area contributed by atoms with Gasteiger partial charge in [0.15, 0.2) is 10.9 Å². The van der Waals surface area contributed by atoms with E-state index in [1.807, 2.05) is 12.1 Å². The van der Waals surface area contributed by atoms with Crippen LogP contribution in [0.3, 0.4) is 0 Å². The fraction of sp³-hybridized carbons (Fsp3) is 0.480. The van der Waals surface area contributed by atoms with Gasteiger partial charge in [-0.1, -0.05) is 42.1 Å². The average Bonchev–Trinajstić information content (AvgIpc) is 3.20. The third kappa shape index (κ3) is 4.35. The van der Waals surface area contributed by atoms with Crippen LogP contribution in [0.2, 0.25) is 0 Å². The molecular weight excluding hydrogens is 418 g/mol. The first-order valence-corrected chi connectivity index (χ1v) is 12.7. The van der Waals surface area contributed by atoms with Gasteiger partial charge in [0.1, 0.15) is 0 Å². The van der Waals surface area contributed by atoms with Crippen molar-refractivity contribution in [2.75, 3.05) is 23.7 Å². The van der Waals surface area contributed by atoms with Gasteiger partial charge < -0.3 is 9.47 Å². The zero-order valence-corrected chi connectivity index (χ0v) is 19.8. The Morgan fingerprint density at radius 1 is 1.09 bits per heavy atom. The van der Waals surface area contributed by atoms with E-state index in [0.29, 0.717) is 11.8 Å². The fourth-order valence-electron chi connectivity index (χ4n) is 4.67. The number of carbonyl (C=O) groups excluding carboxylic acids is 1. The van der Waals surface area contributed by atoms with E-state index in [1.165, 1.54) is 43.0 Å². The van der Waals surface area contributed by atoms with Crippen molar-refractivity contribution in [3.05, 3.63) is 58.9 Å². The maximum Gasteiger partial charge on any atom is 0.228 e. The van der Waals surface area contributed by atoms with Crippen molar-refractivity contribution in [1.29, 1.82) is 0 Å². The molecule has 1 aliphatic carbocycles. The standard InChI is InChI=1S/C25H31N5OS/c1-18-16-22(19(2)29(18)15-12-20-8-4-3-5-9-20)23(31)17-32-25-27-26-24(28-13-6-7-14-28)30(25)21-10-11-21/h3-5,8-9,16,21H,6-7,10-15,17H2,1-2H3. The van der Waals surface area contributed by atoms with Crippen LogP contribution in [0.1, 0.15) is 59.0 Å². The molecule has 5 rings (SSSR count). The molecule has 1 aromatic carbocycles. The van der Waals surface area contributed by atoms with Crippen LogP contribution < -0.4 is 4.90 Å². The highest BCUT2D eigenvalue weighted by atomic mass is 32.2. The van der Waals surface area contributed by atoms with Gasteiger partial charge in [0.05, 0.1) is 5.75 Å². The van der Waals surface area contributed by atoms with Gasteiger partial charge in [-0.25, -0.2) is 0 Å². The van der Waals surface area contributed by atoms with Crippen molar-refractivity contribution in [3.8, 4) is 0 Å². The molecule has 0 radical (unpaired) electrons. The highest BCUT2D eigenvalue weighted by Crippen LogP contribution is 2.41. The van der Waals surface area contributed by atoms with Crippen LogP contribution in [0.25, 0.3) is 0 Å². The van der Waals surface area contributed by atoms with Crippen molar-refractivity contribution >= 4 is 23.5 Å². The molecule has 1 aliphatic heterocycles. The topological polar surface area (TPSA) is 56.0 Å². The molecule has 0 bridgehead atoms. The minimum absolute atomic E-state index is 0.169. The zero-order chi connectivity index (χ0) is 22.1. The van der Waals surface area contributed by atoms with Gasteiger partial charge in [-0.2, -0.15) is 0 Å². The largest absolute Gasteiger partial charge is 0.348 e. The maximum absolute atomic E-state index is 13.1. The lowest BCUT2D eigenvalue weighted by atomic mass is 10.1. The number of hydrogen-bond acceptors (Lipinski definition) is 5. The van der Waals surface area contributed by atoms with Crippen molar-refractivity contribution < 1.29 is 4.79 Å². The Morgan fingerprint density at radius 3 is 2.56 bits per heavy atom. The molecule has 32 heavy (non-hydrogen) atoms. The van der Waals surface area contributed by atoms with Gasteiger partial charge in [-0.05, 0) is 57.6 Å². The summed E-state index contributed by atoms with van der Waals surface area (Å²) >= 11 is 1.54. The molecule has 1 saturated carbocycles. The van der Waals surface area contributed by atoms with Gasteiger partial charge >= 0.3 is 0 Å². The molecule has 1 saturated heterocycles. The Balaban J connectivity index is 1.27. The first-order valence-electron chi connectivity index (χ1n) is 11.7. The molecule has 0 spiro atoms. The Hall–Kier alpha value is -2.54. The van der Waals surface area contributed by atoms with Gasteiger partial charge in [-0.3, -0.25) is 9.36 Å². The Morgan fingerprint density at radius 2 is 1.84 bits per heavy atom. The predicted molar refractivity (Wildman–Crippen MR) is 129 cm³/mol. The van der Waals surface area contributed by atoms with Gasteiger partial charge in [-0.15, -0.1) is 10.2 Å². The van der Waals surface area contributed by atoms with Gasteiger partial charge in [0.25, 0.3) is 0 Å². The summed E-state index contributed by atoms with van der Waals surface area (Å²) in [6, 6.07) is 13.1. The van der Waals surface area contributed by atoms with E-state index < -0.39 is 0 Å². The molecule has 0 unspecified atom stereocenters. The number of ketones is 1. The molecule has 0 amide bonds. The number of thioether (sulfide) groups is 1. The number of carbonyl (C=O) groups is 1. The molecule has 3 heterocycles. The third-order valence-electron chi connectivity index (χ3n) is 6.62. The Kier molecular flexibility index (Phi) is 6.09. The zero-order valence-electron chi connectivity index (χ0n) is 19.0. The molecule has 6 nitrogen and oxygen atoms in total. The average molecular weight is 450 g/mol. The van der Waals surface area contributed by atoms with E-state index in [0.717, 1.165) is 54.1 Å². The summed E-state index contributed by atoms with van der Waals surface area (Å²) in [5, 5.41) is 9.86. The van der Waals surface area contributed by atoms with E-state index in [1.54, 1.807) is 0 Å². The normalized spacial score (nSPS) is 16.1. The highest BCUT2D eigenvalue weighted by Gasteiger charge is 2.32. The summed E-state index contributed by atoms with van der Waals surface area (Å²) in [5.41, 5.74) is 4.35. The van der Waals surface area contributed by atoms with Crippen LogP contribution in [0.15, 0.2) is 41.6 Å².